The van der Waals surface area contributed by atoms with Gasteiger partial charge in [0.25, 0.3) is 5.88 Å². The lowest BCUT2D eigenvalue weighted by Gasteiger charge is -2.11. The molecule has 1 N–H and O–H groups in total. The van der Waals surface area contributed by atoms with E-state index in [0.717, 1.165) is 6.29 Å². The Hall–Kier alpha value is -3.13. The third-order valence-electron chi connectivity index (χ3n) is 3.68. The van der Waals surface area contributed by atoms with Crippen LogP contribution in [-0.4, -0.2) is 22.5 Å². The number of aliphatic imine (C=N–C) groups is 1. The Morgan fingerprint density at radius 3 is 2.85 bits per heavy atom. The Morgan fingerprint density at radius 1 is 1.15 bits per heavy atom. The van der Waals surface area contributed by atoms with Gasteiger partial charge >= 0.3 is 0 Å². The number of anilines is 2. The molecule has 0 saturated heterocycles. The summed E-state index contributed by atoms with van der Waals surface area (Å²) < 4.78 is 20.5. The van der Waals surface area contributed by atoms with Crippen LogP contribution in [0.3, 0.4) is 0 Å². The molecule has 1 aliphatic heterocycles. The lowest BCUT2D eigenvalue weighted by Crippen LogP contribution is -1.99. The fourth-order valence-electron chi connectivity index (χ4n) is 2.44. The maximum absolute atomic E-state index is 14.1. The van der Waals surface area contributed by atoms with Crippen LogP contribution >= 0.6 is 15.9 Å². The molecular formula is C18H10BrFN4O2. The normalized spacial score (nSPS) is 11.8. The second-order valence-corrected chi connectivity index (χ2v) is 6.32. The van der Waals surface area contributed by atoms with E-state index in [4.69, 9.17) is 4.74 Å². The predicted molar refractivity (Wildman–Crippen MR) is 98.6 cm³/mol. The monoisotopic (exact) mass is 412 g/mol. The van der Waals surface area contributed by atoms with E-state index in [9.17, 15) is 9.18 Å². The molecule has 6 nitrogen and oxygen atoms in total. The zero-order valence-corrected chi connectivity index (χ0v) is 14.7. The van der Waals surface area contributed by atoms with Crippen molar-refractivity contribution in [2.75, 3.05) is 5.32 Å². The molecule has 4 rings (SSSR count). The smallest absolute Gasteiger partial charge is 0.250 e. The highest BCUT2D eigenvalue weighted by Crippen LogP contribution is 2.39. The first-order valence-corrected chi connectivity index (χ1v) is 8.31. The average Bonchev–Trinajstić information content (AvgIpc) is 2.83. The number of aromatic nitrogens is 2. The number of benzene rings is 2. The summed E-state index contributed by atoms with van der Waals surface area (Å²) in [6.07, 6.45) is 3.61. The highest BCUT2D eigenvalue weighted by Gasteiger charge is 2.18. The van der Waals surface area contributed by atoms with Crippen molar-refractivity contribution in [1.29, 1.82) is 0 Å². The molecule has 0 amide bonds. The van der Waals surface area contributed by atoms with Gasteiger partial charge in [0.2, 0.25) is 0 Å². The lowest BCUT2D eigenvalue weighted by molar-refractivity contribution is 0.112. The Labute approximate surface area is 155 Å². The minimum absolute atomic E-state index is 0.230. The first-order chi connectivity index (χ1) is 12.6. The molecule has 0 spiro atoms. The van der Waals surface area contributed by atoms with Crippen LogP contribution in [0.1, 0.15) is 15.9 Å². The molecule has 1 aliphatic rings. The fraction of sp³-hybridized carbons (Fsp3) is 0. The fourth-order valence-corrected chi connectivity index (χ4v) is 2.77. The van der Waals surface area contributed by atoms with E-state index in [1.54, 1.807) is 36.5 Å². The second-order valence-electron chi connectivity index (χ2n) is 5.40. The number of aldehydes is 1. The van der Waals surface area contributed by atoms with Gasteiger partial charge in [-0.15, -0.1) is 0 Å². The molecule has 26 heavy (non-hydrogen) atoms. The van der Waals surface area contributed by atoms with Gasteiger partial charge in [0.15, 0.2) is 11.5 Å². The van der Waals surface area contributed by atoms with Crippen LogP contribution < -0.4 is 10.1 Å². The zero-order chi connectivity index (χ0) is 18.1. The summed E-state index contributed by atoms with van der Waals surface area (Å²) in [6, 6.07) is 9.61. The summed E-state index contributed by atoms with van der Waals surface area (Å²) in [7, 11) is 0. The van der Waals surface area contributed by atoms with Crippen molar-refractivity contribution in [3.05, 3.63) is 64.1 Å². The first-order valence-electron chi connectivity index (χ1n) is 7.52. The van der Waals surface area contributed by atoms with Gasteiger partial charge in [-0.3, -0.25) is 4.79 Å². The Bertz CT molecular complexity index is 1060. The SMILES string of the molecule is O=Cc1ccc2c(c1)C=Nc1c(Nc3ccc(Br)cc3F)ncnc1O2. The number of nitrogens with zero attached hydrogens (tertiary/aromatic N) is 3. The highest BCUT2D eigenvalue weighted by molar-refractivity contribution is 9.10. The Balaban J connectivity index is 1.75. The van der Waals surface area contributed by atoms with E-state index in [2.05, 4.69) is 36.2 Å². The van der Waals surface area contributed by atoms with Crippen LogP contribution in [0.25, 0.3) is 0 Å². The van der Waals surface area contributed by atoms with Crippen LogP contribution in [0.15, 0.2) is 52.2 Å². The number of carbonyl (C=O) groups excluding carboxylic acids is 1. The van der Waals surface area contributed by atoms with E-state index in [1.165, 1.54) is 12.4 Å². The lowest BCUT2D eigenvalue weighted by atomic mass is 10.1. The Kier molecular flexibility index (Phi) is 4.18. The number of halogens is 2. The third-order valence-corrected chi connectivity index (χ3v) is 4.18. The van der Waals surface area contributed by atoms with Crippen LogP contribution in [0, 0.1) is 5.82 Å². The number of rotatable bonds is 3. The van der Waals surface area contributed by atoms with E-state index in [1.807, 2.05) is 0 Å². The minimum atomic E-state index is -0.441. The second kappa shape index (κ2) is 6.64. The molecule has 0 saturated carbocycles. The summed E-state index contributed by atoms with van der Waals surface area (Å²) >= 11 is 3.22. The number of nitrogens with one attached hydrogen (secondary N) is 1. The summed E-state index contributed by atoms with van der Waals surface area (Å²) in [5, 5.41) is 2.91. The van der Waals surface area contributed by atoms with Gasteiger partial charge in [-0.05, 0) is 36.4 Å². The molecule has 2 heterocycles. The molecule has 0 radical (unpaired) electrons. The standard InChI is InChI=1S/C18H10BrFN4O2/c19-12-2-3-14(13(20)6-12)24-17-16-18(23-9-22-17)26-15-4-1-10(8-25)5-11(15)7-21-16/h1-9H,(H,22,23,24). The quantitative estimate of drug-likeness (QED) is 0.489. The Morgan fingerprint density at radius 2 is 2.04 bits per heavy atom. The van der Waals surface area contributed by atoms with Crippen LogP contribution in [0.5, 0.6) is 11.6 Å². The number of ether oxygens (including phenoxy) is 1. The zero-order valence-electron chi connectivity index (χ0n) is 13.1. The van der Waals surface area contributed by atoms with Crippen molar-refractivity contribution in [2.24, 2.45) is 4.99 Å². The van der Waals surface area contributed by atoms with E-state index in [0.29, 0.717) is 32.9 Å². The molecule has 0 unspecified atom stereocenters. The van der Waals surface area contributed by atoms with E-state index >= 15 is 0 Å². The molecule has 0 bridgehead atoms. The van der Waals surface area contributed by atoms with Crippen LogP contribution in [-0.2, 0) is 0 Å². The van der Waals surface area contributed by atoms with Gasteiger partial charge in [0.05, 0.1) is 5.69 Å². The van der Waals surface area contributed by atoms with Crippen molar-refractivity contribution >= 4 is 45.6 Å². The number of hydrogen-bond donors (Lipinski definition) is 1. The summed E-state index contributed by atoms with van der Waals surface area (Å²) in [6.45, 7) is 0. The number of fused-ring (bicyclic) bond motifs is 2. The molecule has 8 heteroatoms. The number of carbonyl (C=O) groups is 1. The average molecular weight is 413 g/mol. The first kappa shape index (κ1) is 16.3. The minimum Gasteiger partial charge on any atom is -0.436 e. The van der Waals surface area contributed by atoms with Crippen molar-refractivity contribution in [3.63, 3.8) is 0 Å². The van der Waals surface area contributed by atoms with Crippen molar-refractivity contribution < 1.29 is 13.9 Å². The van der Waals surface area contributed by atoms with Crippen molar-refractivity contribution in [2.45, 2.75) is 0 Å². The topological polar surface area (TPSA) is 76.5 Å². The molecule has 0 fully saturated rings. The summed E-state index contributed by atoms with van der Waals surface area (Å²) in [5.41, 5.74) is 1.72. The van der Waals surface area contributed by atoms with E-state index < -0.39 is 5.82 Å². The summed E-state index contributed by atoms with van der Waals surface area (Å²) in [4.78, 5) is 23.6. The maximum Gasteiger partial charge on any atom is 0.250 e. The molecule has 0 atom stereocenters. The predicted octanol–water partition coefficient (Wildman–Crippen LogP) is 4.79. The molecule has 2 aromatic carbocycles. The van der Waals surface area contributed by atoms with Gasteiger partial charge in [0.1, 0.15) is 24.2 Å². The third kappa shape index (κ3) is 3.06. The molecule has 128 valence electrons. The largest absolute Gasteiger partial charge is 0.436 e. The van der Waals surface area contributed by atoms with Gasteiger partial charge < -0.3 is 10.1 Å². The molecule has 3 aromatic rings. The van der Waals surface area contributed by atoms with Gasteiger partial charge in [-0.2, -0.15) is 4.98 Å². The molecular weight excluding hydrogens is 403 g/mol. The van der Waals surface area contributed by atoms with Crippen LogP contribution in [0.4, 0.5) is 21.6 Å². The van der Waals surface area contributed by atoms with Crippen molar-refractivity contribution in [3.8, 4) is 11.6 Å². The van der Waals surface area contributed by atoms with Gasteiger partial charge in [-0.25, -0.2) is 14.4 Å². The highest BCUT2D eigenvalue weighted by atomic mass is 79.9. The van der Waals surface area contributed by atoms with Gasteiger partial charge in [0, 0.05) is 21.8 Å². The maximum atomic E-state index is 14.1. The summed E-state index contributed by atoms with van der Waals surface area (Å²) in [5.74, 6) is 0.603. The molecule has 1 aromatic heterocycles. The number of hydrogen-bond acceptors (Lipinski definition) is 6. The molecule has 0 aliphatic carbocycles. The van der Waals surface area contributed by atoms with E-state index in [-0.39, 0.29) is 11.6 Å². The van der Waals surface area contributed by atoms with Gasteiger partial charge in [-0.1, -0.05) is 15.9 Å². The van der Waals surface area contributed by atoms with Crippen molar-refractivity contribution in [1.82, 2.24) is 9.97 Å². The van der Waals surface area contributed by atoms with Crippen LogP contribution in [0.2, 0.25) is 0 Å².